The van der Waals surface area contributed by atoms with Crippen LogP contribution in [0.2, 0.25) is 5.02 Å². The standard InChI is InChI=1S/C14H12ClF7N4/c1-6-9(23)4-3-8(24-6)5-26-7(2)10(15)11(25-26)12(16,17)13(18,19)14(20,21)22/h3-4H,5,23H2,1-2H3. The van der Waals surface area contributed by atoms with Gasteiger partial charge in [0.25, 0.3) is 0 Å². The van der Waals surface area contributed by atoms with Gasteiger partial charge in [-0.25, -0.2) is 0 Å². The van der Waals surface area contributed by atoms with Crippen LogP contribution in [0.1, 0.15) is 22.8 Å². The van der Waals surface area contributed by atoms with E-state index in [9.17, 15) is 30.7 Å². The van der Waals surface area contributed by atoms with Crippen LogP contribution < -0.4 is 5.73 Å². The summed E-state index contributed by atoms with van der Waals surface area (Å²) in [4.78, 5) is 4.05. The van der Waals surface area contributed by atoms with Crippen LogP contribution in [-0.2, 0) is 12.5 Å². The SMILES string of the molecule is Cc1nc(Cn2nc(C(F)(F)C(F)(F)C(F)(F)F)c(Cl)c2C)ccc1N. The lowest BCUT2D eigenvalue weighted by atomic mass is 10.1. The van der Waals surface area contributed by atoms with Crippen molar-refractivity contribution in [3.8, 4) is 0 Å². The summed E-state index contributed by atoms with van der Waals surface area (Å²) in [6.45, 7) is 2.45. The van der Waals surface area contributed by atoms with E-state index < -0.39 is 28.7 Å². The Morgan fingerprint density at radius 3 is 2.15 bits per heavy atom. The van der Waals surface area contributed by atoms with Crippen molar-refractivity contribution in [1.82, 2.24) is 14.8 Å². The molecule has 12 heteroatoms. The normalized spacial score (nSPS) is 13.3. The molecule has 2 rings (SSSR count). The van der Waals surface area contributed by atoms with Crippen LogP contribution in [0.4, 0.5) is 36.4 Å². The van der Waals surface area contributed by atoms with E-state index in [4.69, 9.17) is 17.3 Å². The van der Waals surface area contributed by atoms with Crippen molar-refractivity contribution in [3.05, 3.63) is 39.9 Å². The lowest BCUT2D eigenvalue weighted by Crippen LogP contribution is -2.50. The third-order valence-electron chi connectivity index (χ3n) is 3.68. The van der Waals surface area contributed by atoms with Gasteiger partial charge in [-0.05, 0) is 26.0 Å². The van der Waals surface area contributed by atoms with Crippen LogP contribution in [0.15, 0.2) is 12.1 Å². The van der Waals surface area contributed by atoms with Crippen LogP contribution in [-0.4, -0.2) is 26.9 Å². The number of aryl methyl sites for hydroxylation is 1. The Morgan fingerprint density at radius 1 is 1.08 bits per heavy atom. The molecule has 0 spiro atoms. The Labute approximate surface area is 147 Å². The van der Waals surface area contributed by atoms with Gasteiger partial charge in [-0.15, -0.1) is 0 Å². The fraction of sp³-hybridized carbons (Fsp3) is 0.429. The van der Waals surface area contributed by atoms with E-state index in [1.807, 2.05) is 0 Å². The number of nitrogens with zero attached hydrogens (tertiary/aromatic N) is 3. The topological polar surface area (TPSA) is 56.7 Å². The van der Waals surface area contributed by atoms with Gasteiger partial charge < -0.3 is 5.73 Å². The van der Waals surface area contributed by atoms with Gasteiger partial charge in [0.1, 0.15) is 0 Å². The second-order valence-electron chi connectivity index (χ2n) is 5.53. The predicted octanol–water partition coefficient (Wildman–Crippen LogP) is 4.47. The average molecular weight is 405 g/mol. The summed E-state index contributed by atoms with van der Waals surface area (Å²) in [5.41, 5.74) is 4.58. The Kier molecular flexibility index (Phi) is 4.90. The summed E-state index contributed by atoms with van der Waals surface area (Å²) in [6.07, 6.45) is -6.48. The van der Waals surface area contributed by atoms with E-state index in [-0.39, 0.29) is 17.9 Å². The number of nitrogens with two attached hydrogens (primary N) is 1. The fourth-order valence-corrected chi connectivity index (χ4v) is 2.32. The Balaban J connectivity index is 2.47. The Morgan fingerprint density at radius 2 is 1.65 bits per heavy atom. The molecule has 2 aromatic rings. The van der Waals surface area contributed by atoms with Crippen LogP contribution in [0, 0.1) is 13.8 Å². The molecule has 0 bridgehead atoms. The third-order valence-corrected chi connectivity index (χ3v) is 4.13. The molecular formula is C14H12ClF7N4. The molecule has 0 aliphatic rings. The number of hydrogen-bond donors (Lipinski definition) is 1. The van der Waals surface area contributed by atoms with Gasteiger partial charge in [0.2, 0.25) is 0 Å². The van der Waals surface area contributed by atoms with Gasteiger partial charge in [0, 0.05) is 0 Å². The minimum absolute atomic E-state index is 0.212. The quantitative estimate of drug-likeness (QED) is 0.765. The zero-order chi connectivity index (χ0) is 20.1. The summed E-state index contributed by atoms with van der Waals surface area (Å²) in [5, 5.41) is 2.21. The lowest BCUT2D eigenvalue weighted by molar-refractivity contribution is -0.360. The van der Waals surface area contributed by atoms with Gasteiger partial charge >= 0.3 is 18.0 Å². The number of alkyl halides is 7. The highest BCUT2D eigenvalue weighted by atomic mass is 35.5. The number of rotatable bonds is 4. The second kappa shape index (κ2) is 6.29. The van der Waals surface area contributed by atoms with Crippen molar-refractivity contribution in [2.45, 2.75) is 38.4 Å². The van der Waals surface area contributed by atoms with Gasteiger partial charge in [-0.1, -0.05) is 11.6 Å². The number of halogens is 8. The van der Waals surface area contributed by atoms with Gasteiger partial charge in [0.05, 0.1) is 34.3 Å². The Hall–Kier alpha value is -2.04. The first-order valence-electron chi connectivity index (χ1n) is 6.98. The van der Waals surface area contributed by atoms with E-state index in [1.165, 1.54) is 12.1 Å². The molecule has 0 aliphatic carbocycles. The molecular weight excluding hydrogens is 393 g/mol. The van der Waals surface area contributed by atoms with Crippen molar-refractivity contribution in [2.24, 2.45) is 0 Å². The summed E-state index contributed by atoms with van der Waals surface area (Å²) in [6, 6.07) is 2.91. The zero-order valence-electron chi connectivity index (χ0n) is 13.3. The van der Waals surface area contributed by atoms with Gasteiger partial charge in [-0.2, -0.15) is 35.8 Å². The van der Waals surface area contributed by atoms with E-state index in [0.717, 1.165) is 11.6 Å². The molecule has 144 valence electrons. The fourth-order valence-electron chi connectivity index (χ4n) is 2.07. The van der Waals surface area contributed by atoms with Gasteiger partial charge in [-0.3, -0.25) is 9.67 Å². The molecule has 4 nitrogen and oxygen atoms in total. The predicted molar refractivity (Wildman–Crippen MR) is 79.4 cm³/mol. The van der Waals surface area contributed by atoms with E-state index in [2.05, 4.69) is 10.1 Å². The molecule has 0 fully saturated rings. The van der Waals surface area contributed by atoms with E-state index >= 15 is 0 Å². The smallest absolute Gasteiger partial charge is 0.397 e. The molecule has 2 aromatic heterocycles. The van der Waals surface area contributed by atoms with Crippen molar-refractivity contribution in [3.63, 3.8) is 0 Å². The first-order valence-corrected chi connectivity index (χ1v) is 7.35. The van der Waals surface area contributed by atoms with Crippen LogP contribution >= 0.6 is 11.6 Å². The van der Waals surface area contributed by atoms with Crippen molar-refractivity contribution in [2.75, 3.05) is 5.73 Å². The highest BCUT2D eigenvalue weighted by molar-refractivity contribution is 6.32. The van der Waals surface area contributed by atoms with Crippen molar-refractivity contribution >= 4 is 17.3 Å². The van der Waals surface area contributed by atoms with Crippen molar-refractivity contribution < 1.29 is 30.7 Å². The van der Waals surface area contributed by atoms with Gasteiger partial charge in [0.15, 0.2) is 5.69 Å². The summed E-state index contributed by atoms with van der Waals surface area (Å²) < 4.78 is 92.0. The molecule has 2 N–H and O–H groups in total. The molecule has 0 saturated heterocycles. The first kappa shape index (κ1) is 20.3. The summed E-state index contributed by atoms with van der Waals surface area (Å²) >= 11 is 5.57. The largest absolute Gasteiger partial charge is 0.460 e. The monoisotopic (exact) mass is 404 g/mol. The maximum atomic E-state index is 13.9. The maximum absolute atomic E-state index is 13.9. The molecule has 2 heterocycles. The average Bonchev–Trinajstić information content (AvgIpc) is 2.78. The number of nitrogen functional groups attached to an aromatic ring is 1. The number of pyridine rings is 1. The highest BCUT2D eigenvalue weighted by Crippen LogP contribution is 2.53. The Bertz CT molecular complexity index is 829. The lowest BCUT2D eigenvalue weighted by Gasteiger charge is -2.27. The molecule has 0 aromatic carbocycles. The molecule has 0 saturated carbocycles. The minimum Gasteiger partial charge on any atom is -0.397 e. The maximum Gasteiger partial charge on any atom is 0.460 e. The first-order chi connectivity index (χ1) is 11.7. The van der Waals surface area contributed by atoms with Crippen molar-refractivity contribution in [1.29, 1.82) is 0 Å². The molecule has 0 amide bonds. The minimum atomic E-state index is -6.48. The summed E-state index contributed by atoms with van der Waals surface area (Å²) in [5.74, 6) is -12.0. The molecule has 26 heavy (non-hydrogen) atoms. The van der Waals surface area contributed by atoms with Crippen LogP contribution in [0.3, 0.4) is 0 Å². The molecule has 0 aliphatic heterocycles. The third kappa shape index (κ3) is 3.19. The van der Waals surface area contributed by atoms with E-state index in [0.29, 0.717) is 11.4 Å². The molecule has 0 atom stereocenters. The second-order valence-corrected chi connectivity index (χ2v) is 5.91. The van der Waals surface area contributed by atoms with Crippen LogP contribution in [0.5, 0.6) is 0 Å². The zero-order valence-corrected chi connectivity index (χ0v) is 14.1. The number of anilines is 1. The number of aromatic nitrogens is 3. The summed E-state index contributed by atoms with van der Waals surface area (Å²) in [7, 11) is 0. The molecule has 0 radical (unpaired) electrons. The van der Waals surface area contributed by atoms with E-state index in [1.54, 1.807) is 6.92 Å². The number of hydrogen-bond acceptors (Lipinski definition) is 3. The molecule has 0 unspecified atom stereocenters. The highest BCUT2D eigenvalue weighted by Gasteiger charge is 2.75. The van der Waals surface area contributed by atoms with Crippen LogP contribution in [0.25, 0.3) is 0 Å².